The molecule has 182 valence electrons. The quantitative estimate of drug-likeness (QED) is 0.227. The van der Waals surface area contributed by atoms with Gasteiger partial charge in [0.1, 0.15) is 5.78 Å². The number of likely N-dealkylation sites (tertiary alicyclic amines) is 1. The molecule has 0 amide bonds. The Hall–Kier alpha value is -2.13. The number of nitrogens with one attached hydrogen (secondary N) is 1. The molecule has 0 radical (unpaired) electrons. The van der Waals surface area contributed by atoms with Crippen LogP contribution in [0.5, 0.6) is 0 Å². The second-order valence-electron chi connectivity index (χ2n) is 9.50. The van der Waals surface area contributed by atoms with E-state index >= 15 is 0 Å². The molecule has 1 saturated heterocycles. The molecule has 1 aromatic rings. The number of rotatable bonds is 15. The molecule has 3 nitrogen and oxygen atoms in total. The predicted octanol–water partition coefficient (Wildman–Crippen LogP) is 7.17. The molecule has 3 heteroatoms. The maximum absolute atomic E-state index is 13.2. The number of hydrogen-bond acceptors (Lipinski definition) is 3. The van der Waals surface area contributed by atoms with Crippen LogP contribution in [-0.4, -0.2) is 30.3 Å². The Bertz CT molecular complexity index is 773. The topological polar surface area (TPSA) is 32.3 Å². The number of benzene rings is 1. The molecule has 0 bridgehead atoms. The number of allylic oxidation sites excluding steroid dienone is 3. The molecule has 2 unspecified atom stereocenters. The summed E-state index contributed by atoms with van der Waals surface area (Å²) in [6.07, 6.45) is 16.5. The Morgan fingerprint density at radius 1 is 1.21 bits per heavy atom. The van der Waals surface area contributed by atoms with Gasteiger partial charge in [-0.25, -0.2) is 0 Å². The predicted molar refractivity (Wildman–Crippen MR) is 142 cm³/mol. The van der Waals surface area contributed by atoms with E-state index in [1.807, 2.05) is 19.1 Å². The van der Waals surface area contributed by atoms with Gasteiger partial charge in [0, 0.05) is 25.4 Å². The molecule has 1 aromatic carbocycles. The van der Waals surface area contributed by atoms with Crippen molar-refractivity contribution in [2.45, 2.75) is 84.6 Å². The lowest BCUT2D eigenvalue weighted by atomic mass is 9.80. The summed E-state index contributed by atoms with van der Waals surface area (Å²) >= 11 is 0. The van der Waals surface area contributed by atoms with Crippen LogP contribution in [0, 0.1) is 5.92 Å². The highest BCUT2D eigenvalue weighted by Gasteiger charge is 2.25. The molecule has 33 heavy (non-hydrogen) atoms. The highest BCUT2D eigenvalue weighted by Crippen LogP contribution is 2.32. The molecule has 0 aromatic heterocycles. The van der Waals surface area contributed by atoms with Crippen molar-refractivity contribution in [2.75, 3.05) is 19.6 Å². The summed E-state index contributed by atoms with van der Waals surface area (Å²) in [5, 5.41) is 3.32. The van der Waals surface area contributed by atoms with Crippen molar-refractivity contribution >= 4 is 5.78 Å². The first-order chi connectivity index (χ1) is 16.1. The minimum Gasteiger partial charge on any atom is -0.387 e. The average molecular weight is 451 g/mol. The Balaban J connectivity index is 2.02. The average Bonchev–Trinajstić information content (AvgIpc) is 2.83. The summed E-state index contributed by atoms with van der Waals surface area (Å²) in [7, 11) is 0. The molecule has 0 aliphatic carbocycles. The van der Waals surface area contributed by atoms with Crippen LogP contribution >= 0.6 is 0 Å². The van der Waals surface area contributed by atoms with E-state index in [1.54, 1.807) is 0 Å². The van der Waals surface area contributed by atoms with E-state index in [0.29, 0.717) is 18.1 Å². The van der Waals surface area contributed by atoms with Gasteiger partial charge in [0.05, 0.1) is 0 Å². The smallest absolute Gasteiger partial charge is 0.136 e. The van der Waals surface area contributed by atoms with E-state index in [4.69, 9.17) is 0 Å². The van der Waals surface area contributed by atoms with E-state index in [-0.39, 0.29) is 5.92 Å². The zero-order chi connectivity index (χ0) is 23.9. The van der Waals surface area contributed by atoms with Crippen molar-refractivity contribution in [2.24, 2.45) is 5.92 Å². The molecule has 1 aliphatic heterocycles. The Morgan fingerprint density at radius 2 is 2.00 bits per heavy atom. The first-order valence-corrected chi connectivity index (χ1v) is 13.1. The number of carbonyl (C=O) groups excluding carboxylic acids is 1. The standard InChI is InChI=1S/C30H46N2O/c1-5-8-19-31-23-26(13-6-2)17-18-30(33)25(4)29(14-7-3)28-16-12-15-27(22-28)24-32-20-10-9-11-21-32/h5-6,8,12,15-16,22-23,25,29,31H,2,7,9-11,13-14,17-21,24H2,1,3-4H3/b8-5-,26-23+. The van der Waals surface area contributed by atoms with E-state index in [1.165, 1.54) is 49.1 Å². The lowest BCUT2D eigenvalue weighted by Gasteiger charge is -2.27. The fourth-order valence-corrected chi connectivity index (χ4v) is 4.86. The lowest BCUT2D eigenvalue weighted by molar-refractivity contribution is -0.123. The fourth-order valence-electron chi connectivity index (χ4n) is 4.86. The third kappa shape index (κ3) is 9.71. The van der Waals surface area contributed by atoms with Crippen molar-refractivity contribution in [1.82, 2.24) is 10.2 Å². The van der Waals surface area contributed by atoms with Crippen molar-refractivity contribution in [3.63, 3.8) is 0 Å². The number of carbonyl (C=O) groups is 1. The normalized spacial score (nSPS) is 17.1. The summed E-state index contributed by atoms with van der Waals surface area (Å²) in [5.74, 6) is 0.706. The molecule has 0 spiro atoms. The van der Waals surface area contributed by atoms with Gasteiger partial charge in [-0.05, 0) is 75.4 Å². The van der Waals surface area contributed by atoms with E-state index in [0.717, 1.165) is 38.8 Å². The van der Waals surface area contributed by atoms with Gasteiger partial charge in [-0.3, -0.25) is 9.69 Å². The molecule has 2 rings (SSSR count). The molecular formula is C30H46N2O. The van der Waals surface area contributed by atoms with Crippen molar-refractivity contribution in [3.8, 4) is 0 Å². The lowest BCUT2D eigenvalue weighted by Crippen LogP contribution is -2.29. The van der Waals surface area contributed by atoms with Crippen LogP contribution in [0.25, 0.3) is 0 Å². The molecule has 2 atom stereocenters. The molecule has 1 heterocycles. The summed E-state index contributed by atoms with van der Waals surface area (Å²) in [4.78, 5) is 15.8. The molecule has 1 N–H and O–H groups in total. The SMILES string of the molecule is C=CC/C(=C\NC/C=C\C)CCC(=O)C(C)C(CCC)c1cccc(CN2CCCCC2)c1. The van der Waals surface area contributed by atoms with Crippen molar-refractivity contribution < 1.29 is 4.79 Å². The van der Waals surface area contributed by atoms with Gasteiger partial charge in [0.25, 0.3) is 0 Å². The minimum absolute atomic E-state index is 0.0381. The van der Waals surface area contributed by atoms with Crippen molar-refractivity contribution in [3.05, 3.63) is 72.0 Å². The zero-order valence-corrected chi connectivity index (χ0v) is 21.3. The molecule has 1 fully saturated rings. The summed E-state index contributed by atoms with van der Waals surface area (Å²) in [5.41, 5.74) is 3.96. The third-order valence-electron chi connectivity index (χ3n) is 6.82. The van der Waals surface area contributed by atoms with Gasteiger partial charge < -0.3 is 5.32 Å². The van der Waals surface area contributed by atoms with E-state index in [2.05, 4.69) is 67.2 Å². The van der Waals surface area contributed by atoms with Crippen LogP contribution < -0.4 is 5.32 Å². The van der Waals surface area contributed by atoms with Gasteiger partial charge >= 0.3 is 0 Å². The van der Waals surface area contributed by atoms with Crippen LogP contribution in [0.4, 0.5) is 0 Å². The minimum atomic E-state index is 0.0381. The summed E-state index contributed by atoms with van der Waals surface area (Å²) in [6, 6.07) is 9.04. The summed E-state index contributed by atoms with van der Waals surface area (Å²) in [6.45, 7) is 14.5. The second-order valence-corrected chi connectivity index (χ2v) is 9.50. The monoisotopic (exact) mass is 450 g/mol. The Labute approximate surface area is 203 Å². The van der Waals surface area contributed by atoms with Crippen LogP contribution in [0.2, 0.25) is 0 Å². The number of nitrogens with zero attached hydrogens (tertiary/aromatic N) is 1. The van der Waals surface area contributed by atoms with Gasteiger partial charge in [-0.1, -0.05) is 74.8 Å². The highest BCUT2D eigenvalue weighted by molar-refractivity contribution is 5.81. The molecule has 1 aliphatic rings. The Kier molecular flexibility index (Phi) is 12.9. The van der Waals surface area contributed by atoms with Crippen LogP contribution in [0.3, 0.4) is 0 Å². The number of piperidine rings is 1. The van der Waals surface area contributed by atoms with E-state index in [9.17, 15) is 4.79 Å². The third-order valence-corrected chi connectivity index (χ3v) is 6.82. The van der Waals surface area contributed by atoms with Gasteiger partial charge in [-0.2, -0.15) is 0 Å². The van der Waals surface area contributed by atoms with Gasteiger partial charge in [0.2, 0.25) is 0 Å². The largest absolute Gasteiger partial charge is 0.387 e. The number of hydrogen-bond donors (Lipinski definition) is 1. The van der Waals surface area contributed by atoms with Gasteiger partial charge in [0.15, 0.2) is 0 Å². The highest BCUT2D eigenvalue weighted by atomic mass is 16.1. The Morgan fingerprint density at radius 3 is 2.70 bits per heavy atom. The van der Waals surface area contributed by atoms with Crippen LogP contribution in [0.15, 0.2) is 60.8 Å². The maximum atomic E-state index is 13.2. The molecule has 0 saturated carbocycles. The second kappa shape index (κ2) is 15.7. The fraction of sp³-hybridized carbons (Fsp3) is 0.567. The van der Waals surface area contributed by atoms with Crippen LogP contribution in [-0.2, 0) is 11.3 Å². The number of Topliss-reactive ketones (excluding diaryl/α,β-unsaturated/α-hetero) is 1. The first kappa shape index (κ1) is 27.1. The zero-order valence-electron chi connectivity index (χ0n) is 21.3. The van der Waals surface area contributed by atoms with Crippen LogP contribution in [0.1, 0.15) is 89.2 Å². The van der Waals surface area contributed by atoms with Crippen molar-refractivity contribution in [1.29, 1.82) is 0 Å². The first-order valence-electron chi connectivity index (χ1n) is 13.1. The van der Waals surface area contributed by atoms with E-state index < -0.39 is 0 Å². The summed E-state index contributed by atoms with van der Waals surface area (Å²) < 4.78 is 0. The van der Waals surface area contributed by atoms with Gasteiger partial charge in [-0.15, -0.1) is 6.58 Å². The number of ketones is 1. The molecular weight excluding hydrogens is 404 g/mol. The maximum Gasteiger partial charge on any atom is 0.136 e.